The molecule has 1 amide bonds. The van der Waals surface area contributed by atoms with Gasteiger partial charge < -0.3 is 5.32 Å². The number of alkyl halides is 3. The number of anilines is 1. The van der Waals surface area contributed by atoms with Crippen molar-refractivity contribution in [3.8, 4) is 0 Å². The summed E-state index contributed by atoms with van der Waals surface area (Å²) < 4.78 is 40.4. The zero-order valence-corrected chi connectivity index (χ0v) is 15.9. The minimum atomic E-state index is -4.69. The lowest BCUT2D eigenvalue weighted by Crippen LogP contribution is -2.16. The number of nitrogens with zero attached hydrogens (tertiary/aromatic N) is 4. The molecular formula is C16H11BrF3N5O3. The van der Waals surface area contributed by atoms with Crippen molar-refractivity contribution >= 4 is 38.9 Å². The topological polar surface area (TPSA) is 102 Å². The second-order valence-electron chi connectivity index (χ2n) is 5.89. The minimum absolute atomic E-state index is 0.00114. The molecule has 0 bridgehead atoms. The van der Waals surface area contributed by atoms with Crippen LogP contribution in [0, 0.1) is 24.0 Å². The van der Waals surface area contributed by atoms with E-state index < -0.39 is 22.7 Å². The number of nitro groups is 1. The Morgan fingerprint density at radius 3 is 2.54 bits per heavy atom. The summed E-state index contributed by atoms with van der Waals surface area (Å²) in [7, 11) is 0. The highest BCUT2D eigenvalue weighted by Gasteiger charge is 2.36. The molecule has 2 heterocycles. The van der Waals surface area contributed by atoms with Crippen molar-refractivity contribution in [2.45, 2.75) is 20.0 Å². The summed E-state index contributed by atoms with van der Waals surface area (Å²) in [6.45, 7) is 2.95. The van der Waals surface area contributed by atoms with Crippen molar-refractivity contribution < 1.29 is 22.9 Å². The number of aromatic nitrogens is 3. The molecule has 2 aromatic heterocycles. The molecule has 0 spiro atoms. The Morgan fingerprint density at radius 2 is 1.96 bits per heavy atom. The third-order valence-electron chi connectivity index (χ3n) is 3.84. The first-order valence-corrected chi connectivity index (χ1v) is 8.48. The third kappa shape index (κ3) is 3.54. The molecule has 28 heavy (non-hydrogen) atoms. The number of halogens is 4. The van der Waals surface area contributed by atoms with E-state index in [0.29, 0.717) is 10.1 Å². The largest absolute Gasteiger partial charge is 0.433 e. The van der Waals surface area contributed by atoms with Gasteiger partial charge in [0.05, 0.1) is 9.40 Å². The molecule has 3 aromatic rings. The lowest BCUT2D eigenvalue weighted by atomic mass is 10.1. The molecule has 0 atom stereocenters. The number of non-ortho nitro benzene ring substituents is 1. The zero-order valence-electron chi connectivity index (χ0n) is 14.3. The first-order chi connectivity index (χ1) is 13.0. The number of carbonyl (C=O) groups excluding carboxylic acids is 1. The first-order valence-electron chi connectivity index (χ1n) is 7.68. The lowest BCUT2D eigenvalue weighted by Gasteiger charge is -2.09. The molecule has 0 radical (unpaired) electrons. The molecule has 0 aliphatic rings. The van der Waals surface area contributed by atoms with Crippen LogP contribution in [-0.4, -0.2) is 25.4 Å². The van der Waals surface area contributed by atoms with Crippen molar-refractivity contribution in [3.63, 3.8) is 0 Å². The van der Waals surface area contributed by atoms with Crippen LogP contribution < -0.4 is 5.32 Å². The fourth-order valence-corrected chi connectivity index (χ4v) is 3.06. The molecule has 8 nitrogen and oxygen atoms in total. The van der Waals surface area contributed by atoms with Crippen LogP contribution in [0.25, 0.3) is 5.65 Å². The van der Waals surface area contributed by atoms with Gasteiger partial charge in [0.25, 0.3) is 11.6 Å². The Labute approximate surface area is 163 Å². The molecule has 0 saturated carbocycles. The number of benzene rings is 1. The summed E-state index contributed by atoms with van der Waals surface area (Å²) in [5.41, 5.74) is -0.898. The molecule has 1 aromatic carbocycles. The number of carbonyl (C=O) groups is 1. The Hall–Kier alpha value is -3.02. The molecular weight excluding hydrogens is 447 g/mol. The molecule has 0 aliphatic heterocycles. The maximum absolute atomic E-state index is 13.3. The van der Waals surface area contributed by atoms with Crippen molar-refractivity contribution in [1.29, 1.82) is 0 Å². The number of hydrogen-bond donors (Lipinski definition) is 1. The van der Waals surface area contributed by atoms with Crippen molar-refractivity contribution in [2.24, 2.45) is 0 Å². The standard InChI is InChI=1S/C16H11BrF3N5O3/c1-7-5-9(25(27)28)3-4-10(7)22-15(26)13-12(17)14-21-8(2)6-11(16(18,19)20)24(14)23-13/h3-6H,1-2H3,(H,22,26). The number of nitrogens with one attached hydrogen (secondary N) is 1. The molecule has 0 unspecified atom stereocenters. The predicted octanol–water partition coefficient (Wildman–Crippen LogP) is 4.29. The fourth-order valence-electron chi connectivity index (χ4n) is 2.54. The van der Waals surface area contributed by atoms with Crippen molar-refractivity contribution in [1.82, 2.24) is 14.6 Å². The van der Waals surface area contributed by atoms with E-state index in [1.54, 1.807) is 6.92 Å². The summed E-state index contributed by atoms with van der Waals surface area (Å²) in [6, 6.07) is 4.63. The van der Waals surface area contributed by atoms with Crippen LogP contribution in [0.1, 0.15) is 27.4 Å². The molecule has 0 saturated heterocycles. The normalized spacial score (nSPS) is 11.6. The maximum atomic E-state index is 13.3. The van der Waals surface area contributed by atoms with E-state index in [0.717, 1.165) is 6.07 Å². The van der Waals surface area contributed by atoms with Gasteiger partial charge in [0.2, 0.25) is 0 Å². The van der Waals surface area contributed by atoms with Gasteiger partial charge in [0.15, 0.2) is 11.3 Å². The minimum Gasteiger partial charge on any atom is -0.320 e. The van der Waals surface area contributed by atoms with Crippen molar-refractivity contribution in [3.05, 3.63) is 61.5 Å². The SMILES string of the molecule is Cc1cc(C(F)(F)F)n2nc(C(=O)Nc3ccc([N+](=O)[O-])cc3C)c(Br)c2n1. The maximum Gasteiger partial charge on any atom is 0.433 e. The summed E-state index contributed by atoms with van der Waals surface area (Å²) >= 11 is 3.09. The predicted molar refractivity (Wildman–Crippen MR) is 96.2 cm³/mol. The van der Waals surface area contributed by atoms with Gasteiger partial charge in [0, 0.05) is 23.5 Å². The highest BCUT2D eigenvalue weighted by Crippen LogP contribution is 2.32. The monoisotopic (exact) mass is 457 g/mol. The van der Waals surface area contributed by atoms with E-state index in [2.05, 4.69) is 31.3 Å². The van der Waals surface area contributed by atoms with Gasteiger partial charge in [-0.25, -0.2) is 9.50 Å². The van der Waals surface area contributed by atoms with E-state index in [-0.39, 0.29) is 32.9 Å². The van der Waals surface area contributed by atoms with Gasteiger partial charge in [-0.05, 0) is 47.5 Å². The number of aryl methyl sites for hydroxylation is 2. The average molecular weight is 458 g/mol. The van der Waals surface area contributed by atoms with Crippen molar-refractivity contribution in [2.75, 3.05) is 5.32 Å². The van der Waals surface area contributed by atoms with Crippen LogP contribution >= 0.6 is 15.9 Å². The molecule has 0 fully saturated rings. The van der Waals surface area contributed by atoms with E-state index >= 15 is 0 Å². The van der Waals surface area contributed by atoms with Gasteiger partial charge in [-0.15, -0.1) is 0 Å². The smallest absolute Gasteiger partial charge is 0.320 e. The number of fused-ring (bicyclic) bond motifs is 1. The fraction of sp³-hybridized carbons (Fsp3) is 0.188. The number of hydrogen-bond acceptors (Lipinski definition) is 5. The van der Waals surface area contributed by atoms with Gasteiger partial charge in [-0.2, -0.15) is 18.3 Å². The van der Waals surface area contributed by atoms with E-state index in [1.807, 2.05) is 0 Å². The second kappa shape index (κ2) is 6.86. The lowest BCUT2D eigenvalue weighted by molar-refractivity contribution is -0.384. The van der Waals surface area contributed by atoms with Crippen LogP contribution in [0.3, 0.4) is 0 Å². The highest BCUT2D eigenvalue weighted by atomic mass is 79.9. The number of rotatable bonds is 3. The summed E-state index contributed by atoms with van der Waals surface area (Å²) in [5.74, 6) is -0.792. The average Bonchev–Trinajstić information content (AvgIpc) is 2.92. The van der Waals surface area contributed by atoms with E-state index in [4.69, 9.17) is 0 Å². The number of nitro benzene ring substituents is 1. The summed E-state index contributed by atoms with van der Waals surface area (Å²) in [4.78, 5) is 26.8. The second-order valence-corrected chi connectivity index (χ2v) is 6.68. The highest BCUT2D eigenvalue weighted by molar-refractivity contribution is 9.10. The summed E-state index contributed by atoms with van der Waals surface area (Å²) in [5, 5.41) is 17.0. The first kappa shape index (κ1) is 19.7. The van der Waals surface area contributed by atoms with Gasteiger partial charge in [-0.3, -0.25) is 14.9 Å². The molecule has 0 aliphatic carbocycles. The van der Waals surface area contributed by atoms with Crippen LogP contribution in [0.2, 0.25) is 0 Å². The molecule has 1 N–H and O–H groups in total. The van der Waals surface area contributed by atoms with E-state index in [9.17, 15) is 28.1 Å². The summed E-state index contributed by atoms with van der Waals surface area (Å²) in [6.07, 6.45) is -4.69. The molecule has 146 valence electrons. The van der Waals surface area contributed by atoms with Gasteiger partial charge >= 0.3 is 6.18 Å². The van der Waals surface area contributed by atoms with Gasteiger partial charge in [0.1, 0.15) is 5.69 Å². The van der Waals surface area contributed by atoms with Gasteiger partial charge in [-0.1, -0.05) is 0 Å². The Kier molecular flexibility index (Phi) is 4.83. The Bertz CT molecular complexity index is 1130. The zero-order chi connectivity index (χ0) is 20.8. The Morgan fingerprint density at radius 1 is 1.29 bits per heavy atom. The Balaban J connectivity index is 2.03. The van der Waals surface area contributed by atoms with Crippen LogP contribution in [0.15, 0.2) is 28.7 Å². The quantitative estimate of drug-likeness (QED) is 0.466. The molecule has 3 rings (SSSR count). The van der Waals surface area contributed by atoms with Crippen LogP contribution in [0.5, 0.6) is 0 Å². The van der Waals surface area contributed by atoms with E-state index in [1.165, 1.54) is 25.1 Å². The number of amides is 1. The third-order valence-corrected chi connectivity index (χ3v) is 4.57. The van der Waals surface area contributed by atoms with Crippen LogP contribution in [0.4, 0.5) is 24.5 Å². The molecule has 12 heteroatoms. The van der Waals surface area contributed by atoms with Crippen LogP contribution in [-0.2, 0) is 6.18 Å².